The van der Waals surface area contributed by atoms with Gasteiger partial charge in [-0.05, 0) is 30.7 Å². The molecule has 0 spiro atoms. The van der Waals surface area contributed by atoms with Crippen molar-refractivity contribution in [2.75, 3.05) is 73.0 Å². The highest BCUT2D eigenvalue weighted by Gasteiger charge is 2.24. The van der Waals surface area contributed by atoms with Gasteiger partial charge < -0.3 is 20.0 Å². The fourth-order valence-electron chi connectivity index (χ4n) is 3.68. The van der Waals surface area contributed by atoms with E-state index < -0.39 is 0 Å². The average Bonchev–Trinajstić information content (AvgIpc) is 3.45. The number of carbonyl (C=O) groups is 2. The van der Waals surface area contributed by atoms with Gasteiger partial charge in [0.2, 0.25) is 11.8 Å². The van der Waals surface area contributed by atoms with Crippen LogP contribution in [0.5, 0.6) is 0 Å². The molecule has 0 saturated carbocycles. The van der Waals surface area contributed by atoms with Gasteiger partial charge in [-0.25, -0.2) is 4.99 Å². The Balaban J connectivity index is 1.51. The fraction of sp³-hybridized carbons (Fsp3) is 0.667. The molecule has 166 valence electrons. The maximum Gasteiger partial charge on any atom is 0.243 e. The first-order valence-corrected chi connectivity index (χ1v) is 11.7. The molecule has 2 saturated heterocycles. The molecule has 0 aromatic carbocycles. The minimum absolute atomic E-state index is 0.0117. The van der Waals surface area contributed by atoms with Crippen molar-refractivity contribution in [2.45, 2.75) is 19.3 Å². The number of likely N-dealkylation sites (tertiary alicyclic amines) is 1. The first kappa shape index (κ1) is 22.6. The molecule has 1 aromatic heterocycles. The number of guanidine groups is 1. The smallest absolute Gasteiger partial charge is 0.243 e. The SMILES string of the molecule is CN(C)C(=O)CN=C(NCCc1cccs1)N1CCN(CC(=O)N2CCCC2)CC1. The van der Waals surface area contributed by atoms with Crippen LogP contribution in [0.2, 0.25) is 0 Å². The van der Waals surface area contributed by atoms with Crippen LogP contribution in [0.25, 0.3) is 0 Å². The van der Waals surface area contributed by atoms with Gasteiger partial charge in [0.05, 0.1) is 6.54 Å². The summed E-state index contributed by atoms with van der Waals surface area (Å²) in [4.78, 5) is 38.3. The van der Waals surface area contributed by atoms with E-state index in [1.54, 1.807) is 30.3 Å². The maximum atomic E-state index is 12.4. The molecule has 9 heteroatoms. The zero-order valence-electron chi connectivity index (χ0n) is 18.2. The highest BCUT2D eigenvalue weighted by Crippen LogP contribution is 2.10. The standard InChI is InChI=1S/C21H34N6O2S/c1-24(2)19(28)16-23-21(22-8-7-18-6-5-15-30-18)27-13-11-25(12-14-27)17-20(29)26-9-3-4-10-26/h5-6,15H,3-4,7-14,16-17H2,1-2H3,(H,22,23). The van der Waals surface area contributed by atoms with Gasteiger partial charge in [0.15, 0.2) is 5.96 Å². The highest BCUT2D eigenvalue weighted by atomic mass is 32.1. The third kappa shape index (κ3) is 6.70. The lowest BCUT2D eigenvalue weighted by Crippen LogP contribution is -2.54. The Hall–Kier alpha value is -2.13. The minimum Gasteiger partial charge on any atom is -0.356 e. The van der Waals surface area contributed by atoms with E-state index in [-0.39, 0.29) is 18.4 Å². The number of hydrogen-bond acceptors (Lipinski definition) is 5. The molecule has 2 amide bonds. The van der Waals surface area contributed by atoms with Gasteiger partial charge >= 0.3 is 0 Å². The van der Waals surface area contributed by atoms with Gasteiger partial charge in [-0.3, -0.25) is 14.5 Å². The molecule has 0 aliphatic carbocycles. The van der Waals surface area contributed by atoms with Crippen LogP contribution in [0.15, 0.2) is 22.5 Å². The Kier molecular flexibility index (Phi) is 8.50. The van der Waals surface area contributed by atoms with Gasteiger partial charge in [0.1, 0.15) is 6.54 Å². The van der Waals surface area contributed by atoms with Crippen LogP contribution in [0, 0.1) is 0 Å². The summed E-state index contributed by atoms with van der Waals surface area (Å²) in [5.74, 6) is 1.02. The van der Waals surface area contributed by atoms with E-state index in [1.165, 1.54) is 4.88 Å². The van der Waals surface area contributed by atoms with Crippen LogP contribution in [-0.2, 0) is 16.0 Å². The van der Waals surface area contributed by atoms with Gasteiger partial charge in [-0.15, -0.1) is 11.3 Å². The number of thiophene rings is 1. The molecule has 8 nitrogen and oxygen atoms in total. The Morgan fingerprint density at radius 3 is 2.47 bits per heavy atom. The van der Waals surface area contributed by atoms with E-state index in [9.17, 15) is 9.59 Å². The third-order valence-electron chi connectivity index (χ3n) is 5.59. The molecular weight excluding hydrogens is 400 g/mol. The average molecular weight is 435 g/mol. The summed E-state index contributed by atoms with van der Waals surface area (Å²) in [5.41, 5.74) is 0. The van der Waals surface area contributed by atoms with E-state index in [0.717, 1.165) is 71.0 Å². The summed E-state index contributed by atoms with van der Waals surface area (Å²) in [7, 11) is 3.50. The lowest BCUT2D eigenvalue weighted by atomic mass is 10.3. The zero-order chi connectivity index (χ0) is 21.3. The van der Waals surface area contributed by atoms with Crippen molar-refractivity contribution in [2.24, 2.45) is 4.99 Å². The number of piperazine rings is 1. The number of aliphatic imine (C=N–C) groups is 1. The minimum atomic E-state index is -0.0117. The van der Waals surface area contributed by atoms with Crippen LogP contribution >= 0.6 is 11.3 Å². The molecule has 2 aliphatic rings. The Morgan fingerprint density at radius 2 is 1.83 bits per heavy atom. The number of likely N-dealkylation sites (N-methyl/N-ethyl adjacent to an activating group) is 1. The van der Waals surface area contributed by atoms with Crippen LogP contribution in [0.3, 0.4) is 0 Å². The molecule has 0 atom stereocenters. The number of nitrogens with zero attached hydrogens (tertiary/aromatic N) is 5. The lowest BCUT2D eigenvalue weighted by Gasteiger charge is -2.36. The quantitative estimate of drug-likeness (QED) is 0.502. The van der Waals surface area contributed by atoms with Crippen molar-refractivity contribution in [3.63, 3.8) is 0 Å². The predicted molar refractivity (Wildman–Crippen MR) is 121 cm³/mol. The number of rotatable bonds is 7. The second-order valence-corrected chi connectivity index (χ2v) is 9.07. The normalized spacial score (nSPS) is 18.0. The Labute approximate surface area is 183 Å². The Bertz CT molecular complexity index is 707. The summed E-state index contributed by atoms with van der Waals surface area (Å²) in [6.07, 6.45) is 3.19. The maximum absolute atomic E-state index is 12.4. The van der Waals surface area contributed by atoms with Crippen molar-refractivity contribution in [3.05, 3.63) is 22.4 Å². The molecule has 2 aliphatic heterocycles. The van der Waals surface area contributed by atoms with E-state index in [4.69, 9.17) is 0 Å². The van der Waals surface area contributed by atoms with Crippen molar-refractivity contribution in [3.8, 4) is 0 Å². The lowest BCUT2D eigenvalue weighted by molar-refractivity contribution is -0.131. The summed E-state index contributed by atoms with van der Waals surface area (Å²) < 4.78 is 0. The van der Waals surface area contributed by atoms with E-state index in [1.807, 2.05) is 4.90 Å². The summed E-state index contributed by atoms with van der Waals surface area (Å²) in [6.45, 7) is 6.49. The summed E-state index contributed by atoms with van der Waals surface area (Å²) in [5, 5.41) is 5.53. The van der Waals surface area contributed by atoms with Gasteiger partial charge in [-0.1, -0.05) is 6.07 Å². The number of nitrogens with one attached hydrogen (secondary N) is 1. The molecule has 2 fully saturated rings. The van der Waals surface area contributed by atoms with Crippen molar-refractivity contribution >= 4 is 29.1 Å². The van der Waals surface area contributed by atoms with E-state index >= 15 is 0 Å². The Morgan fingerprint density at radius 1 is 1.10 bits per heavy atom. The van der Waals surface area contributed by atoms with Crippen LogP contribution in [0.4, 0.5) is 0 Å². The fourth-order valence-corrected chi connectivity index (χ4v) is 4.39. The largest absolute Gasteiger partial charge is 0.356 e. The monoisotopic (exact) mass is 434 g/mol. The predicted octanol–water partition coefficient (Wildman–Crippen LogP) is 0.564. The molecule has 1 N–H and O–H groups in total. The number of amides is 2. The van der Waals surface area contributed by atoms with Crippen molar-refractivity contribution in [1.82, 2.24) is 24.9 Å². The number of carbonyl (C=O) groups excluding carboxylic acids is 2. The molecule has 3 heterocycles. The van der Waals surface area contributed by atoms with Crippen LogP contribution in [-0.4, -0.2) is 110 Å². The van der Waals surface area contributed by atoms with E-state index in [2.05, 4.69) is 37.6 Å². The van der Waals surface area contributed by atoms with Gasteiger partial charge in [-0.2, -0.15) is 0 Å². The molecule has 0 unspecified atom stereocenters. The molecule has 3 rings (SSSR count). The van der Waals surface area contributed by atoms with Gasteiger partial charge in [0, 0.05) is 64.8 Å². The van der Waals surface area contributed by atoms with Crippen molar-refractivity contribution < 1.29 is 9.59 Å². The molecular formula is C21H34N6O2S. The van der Waals surface area contributed by atoms with E-state index in [0.29, 0.717) is 6.54 Å². The molecule has 0 radical (unpaired) electrons. The zero-order valence-corrected chi connectivity index (χ0v) is 19.0. The second kappa shape index (κ2) is 11.3. The topological polar surface area (TPSA) is 71.5 Å². The summed E-state index contributed by atoms with van der Waals surface area (Å²) in [6, 6.07) is 4.20. The second-order valence-electron chi connectivity index (χ2n) is 8.04. The van der Waals surface area contributed by atoms with Crippen LogP contribution < -0.4 is 5.32 Å². The first-order valence-electron chi connectivity index (χ1n) is 10.8. The number of hydrogen-bond donors (Lipinski definition) is 1. The highest BCUT2D eigenvalue weighted by molar-refractivity contribution is 7.09. The van der Waals surface area contributed by atoms with Crippen LogP contribution in [0.1, 0.15) is 17.7 Å². The van der Waals surface area contributed by atoms with Crippen molar-refractivity contribution in [1.29, 1.82) is 0 Å². The first-order chi connectivity index (χ1) is 14.5. The molecule has 1 aromatic rings. The summed E-state index contributed by atoms with van der Waals surface area (Å²) >= 11 is 1.75. The molecule has 0 bridgehead atoms. The van der Waals surface area contributed by atoms with Gasteiger partial charge in [0.25, 0.3) is 0 Å². The third-order valence-corrected chi connectivity index (χ3v) is 6.52. The molecule has 30 heavy (non-hydrogen) atoms.